The molecule has 10 nitrogen and oxygen atoms in total. The summed E-state index contributed by atoms with van der Waals surface area (Å²) >= 11 is 0. The second-order valence-corrected chi connectivity index (χ2v) is 10.4. The average molecular weight is 503 g/mol. The van der Waals surface area contributed by atoms with E-state index in [4.69, 9.17) is 19.8 Å². The number of aliphatic imine (C=N–C) groups is 1. The molecule has 3 N–H and O–H groups in total. The zero-order valence-electron chi connectivity index (χ0n) is 19.9. The third kappa shape index (κ3) is 5.98. The van der Waals surface area contributed by atoms with Crippen LogP contribution in [-0.4, -0.2) is 74.1 Å². The number of rotatable bonds is 5. The van der Waals surface area contributed by atoms with Crippen LogP contribution >= 0.6 is 0 Å². The Morgan fingerprint density at radius 1 is 1.34 bits per heavy atom. The van der Waals surface area contributed by atoms with Crippen LogP contribution in [0.2, 0.25) is 0 Å². The van der Waals surface area contributed by atoms with E-state index in [1.54, 1.807) is 0 Å². The lowest BCUT2D eigenvalue weighted by Crippen LogP contribution is -2.31. The minimum absolute atomic E-state index is 0.348. The Labute approximate surface area is 204 Å². The van der Waals surface area contributed by atoms with Gasteiger partial charge in [0.05, 0.1) is 24.1 Å². The van der Waals surface area contributed by atoms with Crippen LogP contribution < -0.4 is 15.2 Å². The molecule has 0 aliphatic carbocycles. The van der Waals surface area contributed by atoms with Gasteiger partial charge in [0.15, 0.2) is 0 Å². The first-order valence-corrected chi connectivity index (χ1v) is 13.4. The highest BCUT2D eigenvalue weighted by atomic mass is 32.2. The van der Waals surface area contributed by atoms with Crippen LogP contribution in [0.15, 0.2) is 23.3 Å². The molecular formula is C24H30N4O6S. The number of aromatic nitrogens is 1. The molecule has 1 aromatic heterocycles. The van der Waals surface area contributed by atoms with E-state index in [-0.39, 0.29) is 0 Å². The summed E-state index contributed by atoms with van der Waals surface area (Å²) in [4.78, 5) is 23.7. The molecule has 3 aliphatic rings. The van der Waals surface area contributed by atoms with Gasteiger partial charge in [-0.15, -0.1) is 0 Å². The zero-order chi connectivity index (χ0) is 25.2. The van der Waals surface area contributed by atoms with Crippen molar-refractivity contribution in [3.05, 3.63) is 35.0 Å². The molecule has 0 bridgehead atoms. The number of aryl methyl sites for hydroxylation is 1. The van der Waals surface area contributed by atoms with Crippen molar-refractivity contribution in [2.75, 3.05) is 33.1 Å². The summed E-state index contributed by atoms with van der Waals surface area (Å²) in [6, 6.07) is 4.37. The molecule has 0 radical (unpaired) electrons. The molecule has 11 heteroatoms. The minimum Gasteiger partial charge on any atom is -0.491 e. The smallest absolute Gasteiger partial charge is 0.261 e. The van der Waals surface area contributed by atoms with Gasteiger partial charge >= 0.3 is 0 Å². The maximum absolute atomic E-state index is 12.3. The van der Waals surface area contributed by atoms with Crippen molar-refractivity contribution in [1.29, 1.82) is 0 Å². The Morgan fingerprint density at radius 3 is 2.80 bits per heavy atom. The summed E-state index contributed by atoms with van der Waals surface area (Å²) in [6.07, 6.45) is 9.11. The summed E-state index contributed by atoms with van der Waals surface area (Å²) in [5, 5.41) is 0. The molecule has 4 heterocycles. The van der Waals surface area contributed by atoms with E-state index >= 15 is 0 Å². The maximum Gasteiger partial charge on any atom is 0.261 e. The van der Waals surface area contributed by atoms with Crippen LogP contribution in [0.4, 0.5) is 5.69 Å². The number of primary amides is 1. The van der Waals surface area contributed by atoms with Gasteiger partial charge in [0.2, 0.25) is 5.88 Å². The van der Waals surface area contributed by atoms with E-state index < -0.39 is 16.0 Å². The zero-order valence-corrected chi connectivity index (χ0v) is 20.7. The third-order valence-electron chi connectivity index (χ3n) is 6.30. The molecular weight excluding hydrogens is 472 g/mol. The highest BCUT2D eigenvalue weighted by Crippen LogP contribution is 2.43. The number of carbonyl (C=O) groups is 1. The monoisotopic (exact) mass is 502 g/mol. The van der Waals surface area contributed by atoms with Gasteiger partial charge in [-0.25, -0.2) is 4.98 Å². The molecule has 1 amide bonds. The van der Waals surface area contributed by atoms with E-state index in [0.29, 0.717) is 49.1 Å². The Hall–Kier alpha value is -3.02. The summed E-state index contributed by atoms with van der Waals surface area (Å²) in [5.41, 5.74) is 10.8. The first-order valence-electron chi connectivity index (χ1n) is 11.5. The maximum atomic E-state index is 12.3. The van der Waals surface area contributed by atoms with E-state index in [1.165, 1.54) is 6.42 Å². The van der Waals surface area contributed by atoms with Crippen LogP contribution in [0.3, 0.4) is 0 Å². The Bertz CT molecular complexity index is 1250. The SMILES string of the molecule is CN1CCC[C@@H]1COc1cc(-c2cnc3c(c2)CCCO3)c2c(c1C(N)=O)CC=N2.CS(=O)(=O)O. The fourth-order valence-corrected chi connectivity index (χ4v) is 4.64. The highest BCUT2D eigenvalue weighted by Gasteiger charge is 2.27. The second kappa shape index (κ2) is 10.3. The molecule has 2 aromatic rings. The lowest BCUT2D eigenvalue weighted by molar-refractivity contribution is 0.0993. The molecule has 0 unspecified atom stereocenters. The van der Waals surface area contributed by atoms with Gasteiger partial charge in [0.1, 0.15) is 12.4 Å². The fraction of sp³-hybridized carbons (Fsp3) is 0.458. The largest absolute Gasteiger partial charge is 0.491 e. The number of likely N-dealkylation sites (tertiary alicyclic amines) is 1. The van der Waals surface area contributed by atoms with Crippen molar-refractivity contribution >= 4 is 27.9 Å². The van der Waals surface area contributed by atoms with Gasteiger partial charge in [0.25, 0.3) is 16.0 Å². The fourth-order valence-electron chi connectivity index (χ4n) is 4.64. The first-order chi connectivity index (χ1) is 16.6. The molecule has 0 saturated carbocycles. The lowest BCUT2D eigenvalue weighted by Gasteiger charge is -2.22. The summed E-state index contributed by atoms with van der Waals surface area (Å²) in [6.45, 7) is 2.31. The Kier molecular flexibility index (Phi) is 7.39. The quantitative estimate of drug-likeness (QED) is 0.593. The molecule has 3 aliphatic heterocycles. The number of likely N-dealkylation sites (N-methyl/N-ethyl adjacent to an activating group) is 1. The van der Waals surface area contributed by atoms with E-state index in [1.807, 2.05) is 18.5 Å². The summed E-state index contributed by atoms with van der Waals surface area (Å²) in [7, 11) is -1.56. The number of hydrogen-bond donors (Lipinski definition) is 2. The highest BCUT2D eigenvalue weighted by molar-refractivity contribution is 7.85. The number of carbonyl (C=O) groups excluding carboxylic acids is 1. The van der Waals surface area contributed by atoms with Crippen LogP contribution in [0.5, 0.6) is 11.6 Å². The van der Waals surface area contributed by atoms with Crippen molar-refractivity contribution < 1.29 is 27.2 Å². The molecule has 1 aromatic carbocycles. The van der Waals surface area contributed by atoms with Crippen molar-refractivity contribution in [3.63, 3.8) is 0 Å². The average Bonchev–Trinajstić information content (AvgIpc) is 3.44. The van der Waals surface area contributed by atoms with Crippen molar-refractivity contribution in [2.24, 2.45) is 10.7 Å². The van der Waals surface area contributed by atoms with Crippen LogP contribution in [-0.2, 0) is 23.0 Å². The van der Waals surface area contributed by atoms with Crippen molar-refractivity contribution in [2.45, 2.75) is 38.1 Å². The van der Waals surface area contributed by atoms with Gasteiger partial charge in [-0.1, -0.05) is 0 Å². The van der Waals surface area contributed by atoms with Gasteiger partial charge in [-0.3, -0.25) is 14.3 Å². The summed E-state index contributed by atoms with van der Waals surface area (Å²) < 4.78 is 37.7. The normalized spacial score (nSPS) is 18.8. The third-order valence-corrected chi connectivity index (χ3v) is 6.30. The molecule has 35 heavy (non-hydrogen) atoms. The van der Waals surface area contributed by atoms with Gasteiger partial charge in [0, 0.05) is 47.1 Å². The minimum atomic E-state index is -3.67. The predicted octanol–water partition coefficient (Wildman–Crippen LogP) is 2.41. The van der Waals surface area contributed by atoms with Crippen LogP contribution in [0.25, 0.3) is 11.1 Å². The summed E-state index contributed by atoms with van der Waals surface area (Å²) in [5.74, 6) is 0.769. The number of amides is 1. The molecule has 188 valence electrons. The second-order valence-electron chi connectivity index (χ2n) is 8.97. The van der Waals surface area contributed by atoms with E-state index in [0.717, 1.165) is 53.7 Å². The molecule has 1 atom stereocenters. The number of ether oxygens (including phenoxy) is 2. The molecule has 1 fully saturated rings. The lowest BCUT2D eigenvalue weighted by atomic mass is 9.94. The molecule has 1 saturated heterocycles. The van der Waals surface area contributed by atoms with Crippen molar-refractivity contribution in [1.82, 2.24) is 9.88 Å². The number of nitrogens with two attached hydrogens (primary N) is 1. The van der Waals surface area contributed by atoms with Crippen LogP contribution in [0, 0.1) is 0 Å². The van der Waals surface area contributed by atoms with Gasteiger partial charge in [-0.05, 0) is 51.4 Å². The predicted molar refractivity (Wildman–Crippen MR) is 132 cm³/mol. The molecule has 0 spiro atoms. The topological polar surface area (TPSA) is 144 Å². The van der Waals surface area contributed by atoms with Gasteiger partial charge in [-0.2, -0.15) is 8.42 Å². The van der Waals surface area contributed by atoms with E-state index in [9.17, 15) is 13.2 Å². The molecule has 5 rings (SSSR count). The Morgan fingerprint density at radius 2 is 2.11 bits per heavy atom. The number of fused-ring (bicyclic) bond motifs is 2. The van der Waals surface area contributed by atoms with Crippen LogP contribution in [0.1, 0.15) is 40.7 Å². The number of benzene rings is 1. The number of pyridine rings is 1. The number of nitrogens with zero attached hydrogens (tertiary/aromatic N) is 3. The van der Waals surface area contributed by atoms with Gasteiger partial charge < -0.3 is 20.1 Å². The Balaban J connectivity index is 0.000000527. The first kappa shape index (κ1) is 25.1. The van der Waals surface area contributed by atoms with E-state index in [2.05, 4.69) is 28.0 Å². The standard InChI is InChI=1S/C23H26N4O3.CH4O3S/c1-27-8-2-5-16(27)13-30-19-11-18(21-17(6-7-25-21)20(19)22(24)28)15-10-14-4-3-9-29-23(14)26-12-15;1-5(2,3)4/h7,10-12,16H,2-6,8-9,13H2,1H3,(H2,24,28);1H3,(H,2,3,4)/t16-;/m1./s1. The van der Waals surface area contributed by atoms with Crippen molar-refractivity contribution in [3.8, 4) is 22.8 Å². The number of hydrogen-bond acceptors (Lipinski definition) is 8.